The van der Waals surface area contributed by atoms with E-state index in [-0.39, 0.29) is 11.4 Å². The zero-order valence-corrected chi connectivity index (χ0v) is 18.4. The zero-order valence-electron chi connectivity index (χ0n) is 16.8. The lowest BCUT2D eigenvalue weighted by Gasteiger charge is -1.99. The fraction of sp³-hybridized carbons (Fsp3) is 0.0909. The third kappa shape index (κ3) is 4.26. The standard InChI is InChI=1S/C22H19BrN6O2/c1-13-21(14(2)29(28-13)17-6-4-3-5-7-17)18-11-19(26-25-18)22(31)27-24-12-15-10-16(23)8-9-20(15)30/h3-12H,1-2H3,(H3,24,25,26,27,30,31)/p+1. The quantitative estimate of drug-likeness (QED) is 0.199. The van der Waals surface area contributed by atoms with Crippen LogP contribution in [0, 0.1) is 13.8 Å². The van der Waals surface area contributed by atoms with E-state index in [1.807, 2.05) is 48.9 Å². The van der Waals surface area contributed by atoms with Crippen LogP contribution in [0.4, 0.5) is 0 Å². The number of nitrogens with zero attached hydrogens (tertiary/aromatic N) is 3. The molecule has 4 aromatic rings. The number of phenolic OH excluding ortho intramolecular Hbond substituents is 1. The second kappa shape index (κ2) is 8.57. The second-order valence-corrected chi connectivity index (χ2v) is 7.85. The molecule has 0 saturated heterocycles. The van der Waals surface area contributed by atoms with Gasteiger partial charge in [0.05, 0.1) is 17.5 Å². The number of para-hydroxylation sites is 1. The van der Waals surface area contributed by atoms with Crippen molar-refractivity contribution in [3.8, 4) is 22.7 Å². The number of aromatic nitrogens is 4. The van der Waals surface area contributed by atoms with E-state index in [4.69, 9.17) is 0 Å². The summed E-state index contributed by atoms with van der Waals surface area (Å²) in [5.74, 6) is -0.374. The number of benzene rings is 2. The predicted octanol–water partition coefficient (Wildman–Crippen LogP) is 3.53. The van der Waals surface area contributed by atoms with Crippen LogP contribution in [0.2, 0.25) is 0 Å². The molecule has 0 aliphatic heterocycles. The SMILES string of the molecule is Cc1[nH][n+](-c2ccccc2)c(C)c1-c1cc(C(=O)N/N=C/c2cc(Br)ccc2O)[nH]n1. The Hall–Kier alpha value is -3.72. The number of aromatic amines is 2. The van der Waals surface area contributed by atoms with Crippen LogP contribution in [0.5, 0.6) is 5.75 Å². The monoisotopic (exact) mass is 479 g/mol. The Kier molecular flexibility index (Phi) is 5.68. The first-order chi connectivity index (χ1) is 14.9. The van der Waals surface area contributed by atoms with Gasteiger partial charge in [0.15, 0.2) is 0 Å². The topological polar surface area (TPSA) is 110 Å². The summed E-state index contributed by atoms with van der Waals surface area (Å²) >= 11 is 3.33. The van der Waals surface area contributed by atoms with Gasteiger partial charge in [-0.25, -0.2) is 5.43 Å². The van der Waals surface area contributed by atoms with E-state index < -0.39 is 5.91 Å². The van der Waals surface area contributed by atoms with Crippen molar-refractivity contribution >= 4 is 28.1 Å². The van der Waals surface area contributed by atoms with Crippen LogP contribution in [0.15, 0.2) is 64.2 Å². The molecule has 156 valence electrons. The molecule has 0 aliphatic rings. The van der Waals surface area contributed by atoms with Gasteiger partial charge in [-0.05, 0) is 31.2 Å². The molecule has 0 spiro atoms. The Morgan fingerprint density at radius 1 is 1.19 bits per heavy atom. The van der Waals surface area contributed by atoms with Gasteiger partial charge in [-0.1, -0.05) is 38.8 Å². The van der Waals surface area contributed by atoms with Gasteiger partial charge >= 0.3 is 0 Å². The summed E-state index contributed by atoms with van der Waals surface area (Å²) in [6.07, 6.45) is 1.37. The molecule has 4 N–H and O–H groups in total. The number of hydrogen-bond acceptors (Lipinski definition) is 4. The van der Waals surface area contributed by atoms with Crippen molar-refractivity contribution in [1.82, 2.24) is 20.7 Å². The highest BCUT2D eigenvalue weighted by Gasteiger charge is 2.24. The fourth-order valence-corrected chi connectivity index (χ4v) is 3.70. The molecule has 2 aromatic heterocycles. The number of carbonyl (C=O) groups is 1. The van der Waals surface area contributed by atoms with Gasteiger partial charge in [0, 0.05) is 29.1 Å². The Bertz CT molecular complexity index is 1280. The molecule has 4 rings (SSSR count). The van der Waals surface area contributed by atoms with Gasteiger partial charge in [0.2, 0.25) is 11.4 Å². The highest BCUT2D eigenvalue weighted by atomic mass is 79.9. The predicted molar refractivity (Wildman–Crippen MR) is 120 cm³/mol. The zero-order chi connectivity index (χ0) is 22.0. The van der Waals surface area contributed by atoms with Gasteiger partial charge in [-0.15, -0.1) is 0 Å². The third-order valence-corrected chi connectivity index (χ3v) is 5.30. The number of H-pyrrole nitrogens is 2. The van der Waals surface area contributed by atoms with Gasteiger partial charge in [-0.3, -0.25) is 9.89 Å². The summed E-state index contributed by atoms with van der Waals surface area (Å²) in [7, 11) is 0. The molecule has 0 unspecified atom stereocenters. The van der Waals surface area contributed by atoms with E-state index in [0.717, 1.165) is 27.1 Å². The van der Waals surface area contributed by atoms with Crippen LogP contribution in [0.1, 0.15) is 27.4 Å². The minimum Gasteiger partial charge on any atom is -0.507 e. The first-order valence-corrected chi connectivity index (χ1v) is 10.3. The highest BCUT2D eigenvalue weighted by molar-refractivity contribution is 9.10. The minimum atomic E-state index is -0.439. The first kappa shape index (κ1) is 20.5. The van der Waals surface area contributed by atoms with Crippen LogP contribution >= 0.6 is 15.9 Å². The smallest absolute Gasteiger partial charge is 0.289 e. The summed E-state index contributed by atoms with van der Waals surface area (Å²) < 4.78 is 2.77. The number of amides is 1. The Morgan fingerprint density at radius 3 is 2.74 bits per heavy atom. The first-order valence-electron chi connectivity index (χ1n) is 9.48. The number of phenols is 1. The lowest BCUT2D eigenvalue weighted by Crippen LogP contribution is -2.35. The molecule has 0 bridgehead atoms. The van der Waals surface area contributed by atoms with Gasteiger partial charge < -0.3 is 5.11 Å². The van der Waals surface area contributed by atoms with E-state index in [1.165, 1.54) is 12.3 Å². The number of halogens is 1. The lowest BCUT2D eigenvalue weighted by molar-refractivity contribution is -0.661. The van der Waals surface area contributed by atoms with E-state index in [1.54, 1.807) is 18.2 Å². The van der Waals surface area contributed by atoms with Crippen molar-refractivity contribution in [2.24, 2.45) is 5.10 Å². The normalized spacial score (nSPS) is 11.2. The van der Waals surface area contributed by atoms with E-state index in [0.29, 0.717) is 11.3 Å². The lowest BCUT2D eigenvalue weighted by atomic mass is 10.1. The summed E-state index contributed by atoms with van der Waals surface area (Å²) in [4.78, 5) is 12.4. The van der Waals surface area contributed by atoms with Crippen molar-refractivity contribution in [1.29, 1.82) is 0 Å². The molecular weight excluding hydrogens is 460 g/mol. The maximum Gasteiger partial charge on any atom is 0.289 e. The summed E-state index contributed by atoms with van der Waals surface area (Å²) in [5, 5.41) is 24.2. The van der Waals surface area contributed by atoms with Crippen molar-refractivity contribution in [2.45, 2.75) is 13.8 Å². The van der Waals surface area contributed by atoms with Crippen LogP contribution in [-0.4, -0.2) is 32.5 Å². The molecule has 0 fully saturated rings. The van der Waals surface area contributed by atoms with Gasteiger partial charge in [-0.2, -0.15) is 15.3 Å². The van der Waals surface area contributed by atoms with Crippen molar-refractivity contribution in [3.05, 3.63) is 81.7 Å². The second-order valence-electron chi connectivity index (χ2n) is 6.94. The number of hydrazone groups is 1. The number of aryl methyl sites for hydroxylation is 1. The van der Waals surface area contributed by atoms with Crippen LogP contribution in [0.3, 0.4) is 0 Å². The third-order valence-electron chi connectivity index (χ3n) is 4.80. The Balaban J connectivity index is 1.53. The molecular formula is C22H20BrN6O2+. The summed E-state index contributed by atoms with van der Waals surface area (Å²) in [6.45, 7) is 3.96. The average molecular weight is 480 g/mol. The molecule has 0 aliphatic carbocycles. The number of hydrogen-bond donors (Lipinski definition) is 4. The molecule has 2 heterocycles. The number of rotatable bonds is 5. The molecule has 9 heteroatoms. The maximum atomic E-state index is 12.4. The largest absolute Gasteiger partial charge is 0.507 e. The van der Waals surface area contributed by atoms with E-state index in [2.05, 4.69) is 41.8 Å². The Morgan fingerprint density at radius 2 is 1.97 bits per heavy atom. The van der Waals surface area contributed by atoms with Gasteiger partial charge in [0.25, 0.3) is 5.91 Å². The van der Waals surface area contributed by atoms with E-state index in [9.17, 15) is 9.90 Å². The van der Waals surface area contributed by atoms with Crippen LogP contribution in [0.25, 0.3) is 16.9 Å². The average Bonchev–Trinajstić information content (AvgIpc) is 3.35. The fourth-order valence-electron chi connectivity index (χ4n) is 3.32. The summed E-state index contributed by atoms with van der Waals surface area (Å²) in [6, 6.07) is 16.6. The minimum absolute atomic E-state index is 0.0650. The maximum absolute atomic E-state index is 12.4. The molecule has 0 radical (unpaired) electrons. The van der Waals surface area contributed by atoms with Crippen molar-refractivity contribution in [2.75, 3.05) is 0 Å². The highest BCUT2D eigenvalue weighted by Crippen LogP contribution is 2.24. The number of aromatic hydroxyl groups is 1. The molecule has 0 saturated carbocycles. The van der Waals surface area contributed by atoms with Crippen LogP contribution in [-0.2, 0) is 0 Å². The number of carbonyl (C=O) groups excluding carboxylic acids is 1. The summed E-state index contributed by atoms with van der Waals surface area (Å²) in [5.41, 5.74) is 7.68. The molecule has 1 amide bonds. The van der Waals surface area contributed by atoms with Crippen molar-refractivity contribution < 1.29 is 14.6 Å². The van der Waals surface area contributed by atoms with Gasteiger partial charge in [0.1, 0.15) is 17.1 Å². The molecule has 8 nitrogen and oxygen atoms in total. The van der Waals surface area contributed by atoms with Crippen LogP contribution < -0.4 is 10.1 Å². The Labute approximate surface area is 186 Å². The number of nitrogens with one attached hydrogen (secondary N) is 3. The van der Waals surface area contributed by atoms with E-state index >= 15 is 0 Å². The molecule has 0 atom stereocenters. The van der Waals surface area contributed by atoms with Crippen molar-refractivity contribution in [3.63, 3.8) is 0 Å². The molecule has 2 aromatic carbocycles. The molecule has 31 heavy (non-hydrogen) atoms.